The number of carboxylic acids is 1. The standard InChI is InChI=1S/C14H18BrN3O3/c1-17(2)12-11(6-10(15)7-16-12)13(19)18-5-3-4-9(8-18)14(20)21/h6-7,9H,3-5,8H2,1-2H3,(H,20,21). The fourth-order valence-electron chi connectivity index (χ4n) is 2.48. The molecule has 6 nitrogen and oxygen atoms in total. The lowest BCUT2D eigenvalue weighted by atomic mass is 9.97. The second-order valence-corrected chi connectivity index (χ2v) is 6.26. The van der Waals surface area contributed by atoms with Gasteiger partial charge in [-0.15, -0.1) is 0 Å². The maximum absolute atomic E-state index is 12.7. The number of hydrogen-bond acceptors (Lipinski definition) is 4. The first-order valence-electron chi connectivity index (χ1n) is 6.75. The van der Waals surface area contributed by atoms with Crippen molar-refractivity contribution in [3.8, 4) is 0 Å². The van der Waals surface area contributed by atoms with Gasteiger partial charge in [0.2, 0.25) is 0 Å². The van der Waals surface area contributed by atoms with Crippen molar-refractivity contribution in [1.29, 1.82) is 0 Å². The van der Waals surface area contributed by atoms with Crippen LogP contribution in [0.15, 0.2) is 16.7 Å². The molecule has 0 spiro atoms. The normalized spacial score (nSPS) is 18.4. The molecule has 2 rings (SSSR count). The first-order valence-corrected chi connectivity index (χ1v) is 7.54. The van der Waals surface area contributed by atoms with E-state index in [1.807, 2.05) is 14.1 Å². The number of halogens is 1. The van der Waals surface area contributed by atoms with Gasteiger partial charge in [-0.1, -0.05) is 0 Å². The molecule has 7 heteroatoms. The molecule has 2 heterocycles. The summed E-state index contributed by atoms with van der Waals surface area (Å²) in [5.41, 5.74) is 0.486. The van der Waals surface area contributed by atoms with Crippen molar-refractivity contribution in [3.05, 3.63) is 22.3 Å². The average molecular weight is 356 g/mol. The van der Waals surface area contributed by atoms with Gasteiger partial charge in [0, 0.05) is 37.9 Å². The number of hydrogen-bond donors (Lipinski definition) is 1. The van der Waals surface area contributed by atoms with Crippen molar-refractivity contribution in [2.75, 3.05) is 32.1 Å². The van der Waals surface area contributed by atoms with Gasteiger partial charge in [0.05, 0.1) is 11.5 Å². The second kappa shape index (κ2) is 6.43. The van der Waals surface area contributed by atoms with Crippen LogP contribution < -0.4 is 4.90 Å². The van der Waals surface area contributed by atoms with Gasteiger partial charge < -0.3 is 14.9 Å². The van der Waals surface area contributed by atoms with Crippen molar-refractivity contribution in [2.24, 2.45) is 5.92 Å². The highest BCUT2D eigenvalue weighted by Gasteiger charge is 2.30. The number of likely N-dealkylation sites (tertiary alicyclic amines) is 1. The Kier molecular flexibility index (Phi) is 4.82. The number of aliphatic carboxylic acids is 1. The van der Waals surface area contributed by atoms with Crippen LogP contribution in [0.3, 0.4) is 0 Å². The summed E-state index contributed by atoms with van der Waals surface area (Å²) in [6, 6.07) is 1.73. The molecule has 1 N–H and O–H groups in total. The minimum Gasteiger partial charge on any atom is -0.481 e. The lowest BCUT2D eigenvalue weighted by Gasteiger charge is -2.31. The van der Waals surface area contributed by atoms with Crippen LogP contribution in [0.5, 0.6) is 0 Å². The highest BCUT2D eigenvalue weighted by atomic mass is 79.9. The Morgan fingerprint density at radius 3 is 2.81 bits per heavy atom. The molecule has 0 aliphatic carbocycles. The molecule has 114 valence electrons. The SMILES string of the molecule is CN(C)c1ncc(Br)cc1C(=O)N1CCCC(C(=O)O)C1. The van der Waals surface area contributed by atoms with Crippen molar-refractivity contribution < 1.29 is 14.7 Å². The largest absolute Gasteiger partial charge is 0.481 e. The minimum absolute atomic E-state index is 0.168. The summed E-state index contributed by atoms with van der Waals surface area (Å²) in [5.74, 6) is -0.905. The Morgan fingerprint density at radius 1 is 1.48 bits per heavy atom. The van der Waals surface area contributed by atoms with Gasteiger partial charge in [-0.2, -0.15) is 0 Å². The van der Waals surface area contributed by atoms with Crippen LogP contribution in [-0.4, -0.2) is 54.1 Å². The second-order valence-electron chi connectivity index (χ2n) is 5.35. The van der Waals surface area contributed by atoms with Crippen LogP contribution >= 0.6 is 15.9 Å². The van der Waals surface area contributed by atoms with E-state index < -0.39 is 11.9 Å². The number of nitrogens with zero attached hydrogens (tertiary/aromatic N) is 3. The van der Waals surface area contributed by atoms with E-state index in [0.717, 1.165) is 4.47 Å². The quantitative estimate of drug-likeness (QED) is 0.895. The van der Waals surface area contributed by atoms with Crippen LogP contribution in [0.25, 0.3) is 0 Å². The zero-order chi connectivity index (χ0) is 15.6. The molecule has 1 fully saturated rings. The number of rotatable bonds is 3. The molecule has 21 heavy (non-hydrogen) atoms. The van der Waals surface area contributed by atoms with Gasteiger partial charge in [-0.25, -0.2) is 4.98 Å². The Bertz CT molecular complexity index is 562. The molecular weight excluding hydrogens is 338 g/mol. The number of piperidine rings is 1. The highest BCUT2D eigenvalue weighted by molar-refractivity contribution is 9.10. The molecule has 1 saturated heterocycles. The summed E-state index contributed by atoms with van der Waals surface area (Å²) in [4.78, 5) is 31.5. The van der Waals surface area contributed by atoms with Crippen molar-refractivity contribution in [3.63, 3.8) is 0 Å². The zero-order valence-electron chi connectivity index (χ0n) is 12.0. The van der Waals surface area contributed by atoms with E-state index >= 15 is 0 Å². The van der Waals surface area contributed by atoms with Gasteiger partial charge in [-0.05, 0) is 34.8 Å². The van der Waals surface area contributed by atoms with Crippen LogP contribution in [0.1, 0.15) is 23.2 Å². The van der Waals surface area contributed by atoms with E-state index in [-0.39, 0.29) is 12.5 Å². The van der Waals surface area contributed by atoms with Gasteiger partial charge in [0.1, 0.15) is 5.82 Å². The number of aromatic nitrogens is 1. The molecule has 0 bridgehead atoms. The maximum atomic E-state index is 12.7. The van der Waals surface area contributed by atoms with E-state index in [0.29, 0.717) is 30.8 Å². The third-order valence-corrected chi connectivity index (χ3v) is 3.98. The van der Waals surface area contributed by atoms with E-state index in [1.54, 1.807) is 22.1 Å². The van der Waals surface area contributed by atoms with E-state index in [2.05, 4.69) is 20.9 Å². The Hall–Kier alpha value is -1.63. The third kappa shape index (κ3) is 3.53. The number of pyridine rings is 1. The molecule has 0 aromatic carbocycles. The maximum Gasteiger partial charge on any atom is 0.308 e. The minimum atomic E-state index is -0.840. The van der Waals surface area contributed by atoms with Gasteiger partial charge in [0.15, 0.2) is 0 Å². The molecule has 1 aliphatic rings. The molecule has 0 saturated carbocycles. The van der Waals surface area contributed by atoms with E-state index in [1.165, 1.54) is 0 Å². The molecule has 1 aromatic rings. The molecule has 1 aromatic heterocycles. The third-order valence-electron chi connectivity index (χ3n) is 3.55. The number of anilines is 1. The smallest absolute Gasteiger partial charge is 0.308 e. The Labute approximate surface area is 131 Å². The number of carbonyl (C=O) groups is 2. The first kappa shape index (κ1) is 15.8. The number of carboxylic acid groups (broad SMARTS) is 1. The van der Waals surface area contributed by atoms with Crippen molar-refractivity contribution >= 4 is 33.6 Å². The van der Waals surface area contributed by atoms with Gasteiger partial charge in [0.25, 0.3) is 5.91 Å². The van der Waals surface area contributed by atoms with Gasteiger partial charge in [-0.3, -0.25) is 9.59 Å². The summed E-state index contributed by atoms with van der Waals surface area (Å²) >= 11 is 3.33. The average Bonchev–Trinajstić information content (AvgIpc) is 2.46. The number of carbonyl (C=O) groups excluding carboxylic acids is 1. The summed E-state index contributed by atoms with van der Waals surface area (Å²) in [7, 11) is 3.65. The highest BCUT2D eigenvalue weighted by Crippen LogP contribution is 2.24. The van der Waals surface area contributed by atoms with Crippen LogP contribution in [0.4, 0.5) is 5.82 Å². The molecule has 0 radical (unpaired) electrons. The molecule has 1 amide bonds. The Morgan fingerprint density at radius 2 is 2.19 bits per heavy atom. The lowest BCUT2D eigenvalue weighted by Crippen LogP contribution is -2.42. The zero-order valence-corrected chi connectivity index (χ0v) is 13.6. The predicted octanol–water partition coefficient (Wildman–Crippen LogP) is 1.85. The predicted molar refractivity (Wildman–Crippen MR) is 82.5 cm³/mol. The topological polar surface area (TPSA) is 73.7 Å². The van der Waals surface area contributed by atoms with Crippen molar-refractivity contribution in [1.82, 2.24) is 9.88 Å². The van der Waals surface area contributed by atoms with Crippen LogP contribution in [-0.2, 0) is 4.79 Å². The van der Waals surface area contributed by atoms with E-state index in [9.17, 15) is 9.59 Å². The monoisotopic (exact) mass is 355 g/mol. The molecule has 1 atom stereocenters. The summed E-state index contributed by atoms with van der Waals surface area (Å²) < 4.78 is 0.725. The fourth-order valence-corrected chi connectivity index (χ4v) is 2.81. The Balaban J connectivity index is 2.27. The summed E-state index contributed by atoms with van der Waals surface area (Å²) in [6.45, 7) is 0.843. The van der Waals surface area contributed by atoms with Crippen LogP contribution in [0, 0.1) is 5.92 Å². The summed E-state index contributed by atoms with van der Waals surface area (Å²) in [5, 5.41) is 9.13. The van der Waals surface area contributed by atoms with E-state index in [4.69, 9.17) is 5.11 Å². The molecule has 1 unspecified atom stereocenters. The lowest BCUT2D eigenvalue weighted by molar-refractivity contribution is -0.143. The fraction of sp³-hybridized carbons (Fsp3) is 0.500. The van der Waals surface area contributed by atoms with Gasteiger partial charge >= 0.3 is 5.97 Å². The van der Waals surface area contributed by atoms with Crippen LogP contribution in [0.2, 0.25) is 0 Å². The summed E-state index contributed by atoms with van der Waals surface area (Å²) in [6.07, 6.45) is 2.97. The number of amides is 1. The first-order chi connectivity index (χ1) is 9.90. The molecule has 1 aliphatic heterocycles. The molecular formula is C14H18BrN3O3. The van der Waals surface area contributed by atoms with Crippen molar-refractivity contribution in [2.45, 2.75) is 12.8 Å².